The second-order valence-corrected chi connectivity index (χ2v) is 5.31. The summed E-state index contributed by atoms with van der Waals surface area (Å²) in [6.07, 6.45) is 8.88. The average molecular weight is 244 g/mol. The molecule has 1 saturated carbocycles. The van der Waals surface area contributed by atoms with Gasteiger partial charge in [0, 0.05) is 12.7 Å². The fourth-order valence-corrected chi connectivity index (χ4v) is 2.75. The minimum Gasteiger partial charge on any atom is -0.353 e. The largest absolute Gasteiger partial charge is 0.353 e. The second-order valence-electron chi connectivity index (χ2n) is 5.31. The number of aryl methyl sites for hydroxylation is 1. The third-order valence-corrected chi connectivity index (χ3v) is 3.79. The maximum Gasteiger partial charge on any atom is 0.243 e. The van der Waals surface area contributed by atoms with E-state index in [0.29, 0.717) is 0 Å². The summed E-state index contributed by atoms with van der Waals surface area (Å²) in [5.41, 5.74) is 2.11. The zero-order valence-corrected chi connectivity index (χ0v) is 10.9. The Kier molecular flexibility index (Phi) is 3.17. The topological polar surface area (TPSA) is 42.2 Å². The van der Waals surface area contributed by atoms with Gasteiger partial charge in [-0.3, -0.25) is 0 Å². The van der Waals surface area contributed by atoms with Gasteiger partial charge in [-0.25, -0.2) is 4.52 Å². The van der Waals surface area contributed by atoms with Gasteiger partial charge in [0.1, 0.15) is 0 Å². The van der Waals surface area contributed by atoms with Crippen LogP contribution in [0.2, 0.25) is 0 Å². The molecule has 0 bridgehead atoms. The Morgan fingerprint density at radius 1 is 1.33 bits per heavy atom. The molecule has 18 heavy (non-hydrogen) atoms. The van der Waals surface area contributed by atoms with Crippen LogP contribution < -0.4 is 5.32 Å². The maximum atomic E-state index is 4.46. The summed E-state index contributed by atoms with van der Waals surface area (Å²) in [6, 6.07) is 4.07. The van der Waals surface area contributed by atoms with Crippen molar-refractivity contribution in [2.45, 2.75) is 39.0 Å². The predicted octanol–water partition coefficient (Wildman–Crippen LogP) is 3.03. The fourth-order valence-electron chi connectivity index (χ4n) is 2.75. The summed E-state index contributed by atoms with van der Waals surface area (Å²) in [4.78, 5) is 4.46. The van der Waals surface area contributed by atoms with Crippen LogP contribution in [0.4, 0.5) is 5.95 Å². The minimum atomic E-state index is 0.749. The van der Waals surface area contributed by atoms with Crippen LogP contribution in [0.25, 0.3) is 5.65 Å². The smallest absolute Gasteiger partial charge is 0.243 e. The number of pyridine rings is 1. The molecule has 1 fully saturated rings. The maximum absolute atomic E-state index is 4.46. The Labute approximate surface area is 107 Å². The van der Waals surface area contributed by atoms with Crippen molar-refractivity contribution in [3.05, 3.63) is 23.9 Å². The molecule has 1 aliphatic carbocycles. The van der Waals surface area contributed by atoms with Crippen LogP contribution in [0.5, 0.6) is 0 Å². The fraction of sp³-hybridized carbons (Fsp3) is 0.571. The van der Waals surface area contributed by atoms with Crippen LogP contribution in [-0.4, -0.2) is 21.1 Å². The van der Waals surface area contributed by atoms with E-state index in [2.05, 4.69) is 28.4 Å². The molecule has 2 aromatic rings. The number of hydrogen-bond acceptors (Lipinski definition) is 3. The molecular formula is C14H20N4. The number of hydrogen-bond donors (Lipinski definition) is 1. The average Bonchev–Trinajstić information content (AvgIpc) is 2.97. The Bertz CT molecular complexity index is 526. The molecule has 0 radical (unpaired) electrons. The molecular weight excluding hydrogens is 224 g/mol. The first-order valence-corrected chi connectivity index (χ1v) is 6.88. The Balaban J connectivity index is 1.60. The van der Waals surface area contributed by atoms with Crippen molar-refractivity contribution in [2.24, 2.45) is 5.92 Å². The highest BCUT2D eigenvalue weighted by atomic mass is 15.3. The zero-order chi connectivity index (χ0) is 12.4. The molecule has 0 spiro atoms. The first-order chi connectivity index (χ1) is 8.81. The molecule has 0 aliphatic heterocycles. The van der Waals surface area contributed by atoms with Gasteiger partial charge in [-0.05, 0) is 30.9 Å². The third-order valence-electron chi connectivity index (χ3n) is 3.79. The van der Waals surface area contributed by atoms with Crippen molar-refractivity contribution < 1.29 is 0 Å². The standard InChI is InChI=1S/C14H20N4/c1-11-6-7-13-16-14(17-18(13)10-11)15-9-8-12-4-2-3-5-12/h6-7,10,12H,2-5,8-9H2,1H3,(H,15,17). The summed E-state index contributed by atoms with van der Waals surface area (Å²) >= 11 is 0. The zero-order valence-electron chi connectivity index (χ0n) is 10.9. The minimum absolute atomic E-state index is 0.749. The molecule has 3 rings (SSSR count). The van der Waals surface area contributed by atoms with Crippen molar-refractivity contribution in [3.8, 4) is 0 Å². The molecule has 0 aromatic carbocycles. The SMILES string of the molecule is Cc1ccc2nc(NCCC3CCCC3)nn2c1. The van der Waals surface area contributed by atoms with Crippen LogP contribution in [0, 0.1) is 12.8 Å². The molecule has 1 aliphatic rings. The molecule has 0 amide bonds. The Hall–Kier alpha value is -1.58. The first-order valence-electron chi connectivity index (χ1n) is 6.88. The lowest BCUT2D eigenvalue weighted by atomic mass is 10.0. The van der Waals surface area contributed by atoms with Crippen LogP contribution in [0.15, 0.2) is 18.3 Å². The van der Waals surface area contributed by atoms with Gasteiger partial charge in [0.25, 0.3) is 0 Å². The molecule has 4 nitrogen and oxygen atoms in total. The van der Waals surface area contributed by atoms with Gasteiger partial charge in [0.2, 0.25) is 5.95 Å². The summed E-state index contributed by atoms with van der Waals surface area (Å²) in [5, 5.41) is 7.77. The number of rotatable bonds is 4. The van der Waals surface area contributed by atoms with Crippen molar-refractivity contribution >= 4 is 11.6 Å². The number of fused-ring (bicyclic) bond motifs is 1. The van der Waals surface area contributed by atoms with Crippen LogP contribution >= 0.6 is 0 Å². The molecule has 2 heterocycles. The van der Waals surface area contributed by atoms with E-state index in [-0.39, 0.29) is 0 Å². The first kappa shape index (κ1) is 11.5. The van der Waals surface area contributed by atoms with Crippen molar-refractivity contribution in [3.63, 3.8) is 0 Å². The van der Waals surface area contributed by atoms with Crippen molar-refractivity contribution in [2.75, 3.05) is 11.9 Å². The summed E-state index contributed by atoms with van der Waals surface area (Å²) in [5.74, 6) is 1.66. The lowest BCUT2D eigenvalue weighted by Crippen LogP contribution is -2.07. The van der Waals surface area contributed by atoms with Crippen molar-refractivity contribution in [1.29, 1.82) is 0 Å². The van der Waals surface area contributed by atoms with Gasteiger partial charge in [0.05, 0.1) is 0 Å². The van der Waals surface area contributed by atoms with Gasteiger partial charge in [0.15, 0.2) is 5.65 Å². The number of nitrogens with zero attached hydrogens (tertiary/aromatic N) is 3. The molecule has 96 valence electrons. The van der Waals surface area contributed by atoms with Crippen LogP contribution in [0.3, 0.4) is 0 Å². The van der Waals surface area contributed by atoms with E-state index in [1.807, 2.05) is 16.8 Å². The predicted molar refractivity (Wildman–Crippen MR) is 72.8 cm³/mol. The van der Waals surface area contributed by atoms with E-state index in [4.69, 9.17) is 0 Å². The van der Waals surface area contributed by atoms with E-state index in [9.17, 15) is 0 Å². The van der Waals surface area contributed by atoms with E-state index < -0.39 is 0 Å². The molecule has 4 heteroatoms. The van der Waals surface area contributed by atoms with Gasteiger partial charge in [-0.1, -0.05) is 31.7 Å². The molecule has 1 N–H and O–H groups in total. The highest BCUT2D eigenvalue weighted by molar-refractivity contribution is 5.43. The van der Waals surface area contributed by atoms with Gasteiger partial charge >= 0.3 is 0 Å². The second kappa shape index (κ2) is 4.96. The van der Waals surface area contributed by atoms with Crippen LogP contribution in [0.1, 0.15) is 37.7 Å². The Morgan fingerprint density at radius 3 is 3.00 bits per heavy atom. The van der Waals surface area contributed by atoms with E-state index in [1.165, 1.54) is 37.7 Å². The van der Waals surface area contributed by atoms with E-state index in [0.717, 1.165) is 24.1 Å². The summed E-state index contributed by atoms with van der Waals surface area (Å²) in [7, 11) is 0. The van der Waals surface area contributed by atoms with E-state index >= 15 is 0 Å². The third kappa shape index (κ3) is 2.47. The van der Waals surface area contributed by atoms with Crippen LogP contribution in [-0.2, 0) is 0 Å². The number of anilines is 1. The van der Waals surface area contributed by atoms with Gasteiger partial charge < -0.3 is 5.32 Å². The monoisotopic (exact) mass is 244 g/mol. The molecule has 0 unspecified atom stereocenters. The summed E-state index contributed by atoms with van der Waals surface area (Å²) < 4.78 is 1.84. The normalized spacial score (nSPS) is 16.5. The van der Waals surface area contributed by atoms with Gasteiger partial charge in [-0.15, -0.1) is 5.10 Å². The molecule has 0 saturated heterocycles. The number of aromatic nitrogens is 3. The molecule has 0 atom stereocenters. The molecule has 2 aromatic heterocycles. The van der Waals surface area contributed by atoms with Crippen molar-refractivity contribution in [1.82, 2.24) is 14.6 Å². The number of nitrogens with one attached hydrogen (secondary N) is 1. The lowest BCUT2D eigenvalue weighted by molar-refractivity contribution is 0.518. The van der Waals surface area contributed by atoms with Gasteiger partial charge in [-0.2, -0.15) is 4.98 Å². The highest BCUT2D eigenvalue weighted by Gasteiger charge is 2.14. The Morgan fingerprint density at radius 2 is 2.17 bits per heavy atom. The summed E-state index contributed by atoms with van der Waals surface area (Å²) in [6.45, 7) is 3.05. The quantitative estimate of drug-likeness (QED) is 0.899. The highest BCUT2D eigenvalue weighted by Crippen LogP contribution is 2.27. The lowest BCUT2D eigenvalue weighted by Gasteiger charge is -2.07. The van der Waals surface area contributed by atoms with E-state index in [1.54, 1.807) is 0 Å².